The molecular formula is C83H141N17O14S. The molecule has 7 saturated heterocycles. The van der Waals surface area contributed by atoms with E-state index in [0.29, 0.717) is 118 Å². The molecule has 32 heteroatoms. The summed E-state index contributed by atoms with van der Waals surface area (Å²) in [5, 5.41) is 56.8. The van der Waals surface area contributed by atoms with Crippen LogP contribution in [-0.4, -0.2) is 292 Å². The number of likely N-dealkylation sites (tertiary alicyclic amines) is 2. The molecule has 0 radical (unpaired) electrons. The number of unbranched alkanes of at least 4 members (excludes halogenated alkanes) is 2. The number of aliphatic hydroxyl groups is 3. The van der Waals surface area contributed by atoms with Gasteiger partial charge in [0.2, 0.25) is 29.5 Å². The highest BCUT2D eigenvalue weighted by molar-refractivity contribution is 8.00. The molecule has 0 aromatic rings. The van der Waals surface area contributed by atoms with Crippen molar-refractivity contribution in [2.24, 2.45) is 64.7 Å². The third-order valence-electron chi connectivity index (χ3n) is 28.5. The van der Waals surface area contributed by atoms with Gasteiger partial charge in [0, 0.05) is 150 Å². The maximum atomic E-state index is 14.7. The molecule has 115 heavy (non-hydrogen) atoms. The summed E-state index contributed by atoms with van der Waals surface area (Å²) in [5.74, 6) is -0.302. The predicted molar refractivity (Wildman–Crippen MR) is 436 cm³/mol. The van der Waals surface area contributed by atoms with Crippen LogP contribution < -0.4 is 59.5 Å². The van der Waals surface area contributed by atoms with Gasteiger partial charge in [0.05, 0.1) is 37.4 Å². The molecule has 4 saturated carbocycles. The van der Waals surface area contributed by atoms with Crippen molar-refractivity contribution in [1.82, 2.24) is 77.5 Å². The molecule has 8 aliphatic heterocycles. The first-order valence-corrected chi connectivity index (χ1v) is 45.7. The summed E-state index contributed by atoms with van der Waals surface area (Å²) in [7, 11) is 0. The number of hydrogen-bond acceptors (Lipinski definition) is 23. The van der Waals surface area contributed by atoms with Gasteiger partial charge in [-0.1, -0.05) is 46.0 Å². The number of nitrogens with two attached hydrogens (primary N) is 2. The first-order chi connectivity index (χ1) is 55.4. The van der Waals surface area contributed by atoms with Crippen molar-refractivity contribution in [3.8, 4) is 0 Å². The lowest BCUT2D eigenvalue weighted by Gasteiger charge is -2.58. The zero-order chi connectivity index (χ0) is 81.4. The number of nitrogens with one attached hydrogen (secondary N) is 9. The Kier molecular flexibility index (Phi) is 33.0. The van der Waals surface area contributed by atoms with E-state index >= 15 is 0 Å². The number of amides is 10. The first kappa shape index (κ1) is 88.9. The molecule has 0 aromatic carbocycles. The summed E-state index contributed by atoms with van der Waals surface area (Å²) in [6, 6.07) is -2.68. The molecule has 648 valence electrons. The minimum atomic E-state index is -1.12. The molecule has 10 amide bonds. The van der Waals surface area contributed by atoms with Crippen molar-refractivity contribution in [2.45, 2.75) is 304 Å². The van der Waals surface area contributed by atoms with E-state index in [0.717, 1.165) is 148 Å². The van der Waals surface area contributed by atoms with Gasteiger partial charge in [-0.3, -0.25) is 53.7 Å². The Bertz CT molecular complexity index is 3240. The lowest BCUT2D eigenvalue weighted by molar-refractivity contribution is -0.147. The predicted octanol–water partition coefficient (Wildman–Crippen LogP) is 2.64. The molecule has 12 aliphatic rings. The number of urea groups is 1. The van der Waals surface area contributed by atoms with E-state index in [1.54, 1.807) is 0 Å². The highest BCUT2D eigenvalue weighted by Gasteiger charge is 2.52. The second kappa shape index (κ2) is 42.7. The van der Waals surface area contributed by atoms with E-state index in [9.17, 15) is 58.5 Å². The highest BCUT2D eigenvalue weighted by Crippen LogP contribution is 2.42. The van der Waals surface area contributed by atoms with E-state index in [-0.39, 0.29) is 160 Å². The summed E-state index contributed by atoms with van der Waals surface area (Å²) in [5.41, 5.74) is 19.1. The van der Waals surface area contributed by atoms with Crippen LogP contribution in [0.4, 0.5) is 9.59 Å². The molecule has 0 spiro atoms. The maximum absolute atomic E-state index is 14.7. The molecule has 8 heterocycles. The van der Waals surface area contributed by atoms with E-state index in [4.69, 9.17) is 20.9 Å². The minimum absolute atomic E-state index is 0.00301. The standard InChI is InChI=1S/C83H141N17O14S/c1-50(2)75(81(110)99-47-60(101)40-68(99)80(109)89-51(3)55-21-23-56(24-22-55)76-52(4)88-49-115-76)70(103)42-71(84)113-38-37-95-33-29-53(30-34-95)44-96-35-36-97-59(45-96)46-100(77-67(97)41-65(93-94-77)62-14-8-10-17-69(62)102)83(112)114-48-54-19-25-58(26-20-54)90-78(107)64(16-12-31-86-82(85)111)92-79(108)66(39-57-43-87-63-15-9-7-13-61(57)63)91-72(104)18-6-5-11-32-98-73(105)27-28-74(98)106/h27-28,50-71,75-77,87-88,93-94,101-103H,5-26,29-49,84H2,1-4H3,(H,89,109)(H,90,107)(H,91,104)(H,92,108)(H3,85,86,111)/t51-,52?,54?,55?,56?,57?,58?,59+,60+,61?,62?,63?,64-,65?,66-,67?,68-,69?,70?,71?,75+,76?,77?/m0/s1. The van der Waals surface area contributed by atoms with Crippen molar-refractivity contribution in [3.05, 3.63) is 12.2 Å². The second-order valence-corrected chi connectivity index (χ2v) is 37.9. The van der Waals surface area contributed by atoms with E-state index in [2.05, 4.69) is 76.6 Å². The van der Waals surface area contributed by atoms with Crippen LogP contribution >= 0.6 is 11.8 Å². The number of hydrazine groups is 1. The number of nitrogens with zero attached hydrogens (tertiary/aromatic N) is 6. The zero-order valence-electron chi connectivity index (χ0n) is 69.1. The third kappa shape index (κ3) is 24.1. The number of piperidine rings is 1. The smallest absolute Gasteiger partial charge is 0.411 e. The Balaban J connectivity index is 0.585. The fourth-order valence-corrected chi connectivity index (χ4v) is 23.3. The van der Waals surface area contributed by atoms with Crippen molar-refractivity contribution >= 4 is 65.2 Å². The molecule has 0 aromatic heterocycles. The number of carbonyl (C=O) groups is 9. The van der Waals surface area contributed by atoms with Gasteiger partial charge < -0.3 is 88.2 Å². The number of β-amino-alcohol motifs (C(OH)–C–C–N with tert-alkyl or cyclic N) is 1. The van der Waals surface area contributed by atoms with Crippen LogP contribution in [0.3, 0.4) is 0 Å². The van der Waals surface area contributed by atoms with Crippen LogP contribution in [0.1, 0.15) is 207 Å². The largest absolute Gasteiger partial charge is 0.449 e. The molecule has 19 atom stereocenters. The van der Waals surface area contributed by atoms with Crippen LogP contribution in [0.5, 0.6) is 0 Å². The number of rotatable bonds is 35. The highest BCUT2D eigenvalue weighted by atomic mass is 32.2. The van der Waals surface area contributed by atoms with E-state index in [1.165, 1.54) is 22.0 Å². The number of carbonyl (C=O) groups excluding carboxylic acids is 9. The number of primary amides is 1. The van der Waals surface area contributed by atoms with Gasteiger partial charge in [-0.25, -0.2) is 15.0 Å². The summed E-state index contributed by atoms with van der Waals surface area (Å²) in [6.07, 6.45) is 19.6. The second-order valence-electron chi connectivity index (χ2n) is 36.7. The summed E-state index contributed by atoms with van der Waals surface area (Å²) >= 11 is 2.02. The van der Waals surface area contributed by atoms with Crippen LogP contribution in [-0.2, 0) is 43.0 Å². The van der Waals surface area contributed by atoms with Gasteiger partial charge in [-0.15, -0.1) is 11.8 Å². The van der Waals surface area contributed by atoms with Crippen LogP contribution in [0, 0.1) is 53.3 Å². The normalized spacial score (nSPS) is 33.3. The molecule has 31 nitrogen and oxygen atoms in total. The lowest BCUT2D eigenvalue weighted by Crippen LogP contribution is -2.78. The lowest BCUT2D eigenvalue weighted by atomic mass is 9.76. The maximum Gasteiger partial charge on any atom is 0.411 e. The Morgan fingerprint density at radius 3 is 2.17 bits per heavy atom. The Morgan fingerprint density at radius 1 is 0.713 bits per heavy atom. The summed E-state index contributed by atoms with van der Waals surface area (Å²) < 4.78 is 12.5. The zero-order valence-corrected chi connectivity index (χ0v) is 69.9. The van der Waals surface area contributed by atoms with Gasteiger partial charge in [0.1, 0.15) is 30.5 Å². The van der Waals surface area contributed by atoms with Crippen molar-refractivity contribution in [1.29, 1.82) is 0 Å². The van der Waals surface area contributed by atoms with Gasteiger partial charge in [-0.2, -0.15) is 0 Å². The number of thioether (sulfide) groups is 1. The topological polar surface area (TPSA) is 413 Å². The molecule has 12 rings (SSSR count). The molecule has 4 aliphatic carbocycles. The number of fused-ring (bicyclic) bond motifs is 4. The molecule has 0 bridgehead atoms. The Morgan fingerprint density at radius 2 is 1.45 bits per heavy atom. The van der Waals surface area contributed by atoms with Gasteiger partial charge in [0.25, 0.3) is 11.8 Å². The summed E-state index contributed by atoms with van der Waals surface area (Å²) in [4.78, 5) is 134. The SMILES string of the molecule is CC1NCSC1C1CCC([C@H](C)NC(=O)[C@@H]2C[C@@H](O)CN2C(=O)[C@H](C(C)C)C(O)CC(N)OCCN2CCC(CN3CCN4C5CC(C6CCCCC6O)NNC5N(C(=O)OCC5CCC(NC(=O)[C@H](CCCNC(N)=O)NC(=O)[C@H](CC6CNC7CCCCC67)NC(=O)CCCCCN6C(=O)C=CC6=O)CC5)C[C@H]4C3)CC2)CC1. The minimum Gasteiger partial charge on any atom is -0.449 e. The number of piperazine rings is 2. The van der Waals surface area contributed by atoms with E-state index in [1.807, 2.05) is 30.5 Å². The third-order valence-corrected chi connectivity index (χ3v) is 30.0. The fraction of sp³-hybridized carbons (Fsp3) is 0.867. The quantitative estimate of drug-likeness (QED) is 0.0246. The Hall–Kier alpha value is -5.36. The molecule has 12 unspecified atom stereocenters. The van der Waals surface area contributed by atoms with Gasteiger partial charge in [-0.05, 0) is 203 Å². The van der Waals surface area contributed by atoms with E-state index < -0.39 is 54.4 Å². The number of aliphatic hydroxyl groups excluding tert-OH is 3. The average Bonchev–Trinajstić information content (AvgIpc) is 1.35. The summed E-state index contributed by atoms with van der Waals surface area (Å²) in [6.45, 7) is 16.4. The van der Waals surface area contributed by atoms with Crippen LogP contribution in [0.15, 0.2) is 12.2 Å². The monoisotopic (exact) mass is 1630 g/mol. The molecular weight excluding hydrogens is 1490 g/mol. The molecule has 11 fully saturated rings. The van der Waals surface area contributed by atoms with Crippen LogP contribution in [0.25, 0.3) is 0 Å². The van der Waals surface area contributed by atoms with Crippen molar-refractivity contribution in [2.75, 3.05) is 97.6 Å². The fourth-order valence-electron chi connectivity index (χ4n) is 21.9. The van der Waals surface area contributed by atoms with Gasteiger partial charge in [0.15, 0.2) is 0 Å². The van der Waals surface area contributed by atoms with Gasteiger partial charge >= 0.3 is 12.1 Å². The number of hydrogen-bond donors (Lipinski definition) is 14. The van der Waals surface area contributed by atoms with Crippen molar-refractivity contribution in [3.63, 3.8) is 0 Å². The van der Waals surface area contributed by atoms with Crippen LogP contribution in [0.2, 0.25) is 0 Å². The van der Waals surface area contributed by atoms with Crippen molar-refractivity contribution < 1.29 is 67.9 Å². The number of ether oxygens (including phenoxy) is 2. The Labute approximate surface area is 685 Å². The first-order valence-electron chi connectivity index (χ1n) is 44.6. The average molecular weight is 1630 g/mol. The molecule has 16 N–H and O–H groups in total. The number of imide groups is 1.